The number of nitrogens with two attached hydrogens (primary N) is 1. The van der Waals surface area contributed by atoms with Crippen LogP contribution in [0.2, 0.25) is 0 Å². The predicted molar refractivity (Wildman–Crippen MR) is 69.4 cm³/mol. The molecule has 0 bridgehead atoms. The van der Waals surface area contributed by atoms with E-state index in [4.69, 9.17) is 5.73 Å². The molecule has 0 saturated heterocycles. The molecule has 76 valence electrons. The van der Waals surface area contributed by atoms with E-state index in [2.05, 4.69) is 30.3 Å². The summed E-state index contributed by atoms with van der Waals surface area (Å²) < 4.78 is 0. The Bertz CT molecular complexity index is 506. The van der Waals surface area contributed by atoms with Crippen LogP contribution in [0.5, 0.6) is 0 Å². The molecule has 0 heterocycles. The van der Waals surface area contributed by atoms with E-state index in [1.807, 2.05) is 12.1 Å². The summed E-state index contributed by atoms with van der Waals surface area (Å²) >= 11 is 0. The topological polar surface area (TPSA) is 26.0 Å². The van der Waals surface area contributed by atoms with E-state index in [0.29, 0.717) is 0 Å². The number of hydrogen-bond acceptors (Lipinski definition) is 1. The van der Waals surface area contributed by atoms with Crippen molar-refractivity contribution in [2.45, 2.75) is 6.42 Å². The van der Waals surface area contributed by atoms with Crippen molar-refractivity contribution in [2.24, 2.45) is 0 Å². The van der Waals surface area contributed by atoms with E-state index in [9.17, 15) is 0 Å². The standard InChI is InChI=1S/C13H11N.BrH/c14-13-7-3-6-11-10-5-2-1-4-9(10)8-12(11)13;/h1-7H,8,14H2;1H. The van der Waals surface area contributed by atoms with Crippen LogP contribution in [-0.4, -0.2) is 0 Å². The maximum atomic E-state index is 5.95. The number of benzene rings is 2. The van der Waals surface area contributed by atoms with Gasteiger partial charge in [-0.1, -0.05) is 36.4 Å². The zero-order valence-electron chi connectivity index (χ0n) is 8.23. The minimum atomic E-state index is 0. The Morgan fingerprint density at radius 1 is 0.867 bits per heavy atom. The Morgan fingerprint density at radius 2 is 1.60 bits per heavy atom. The third kappa shape index (κ3) is 1.45. The minimum absolute atomic E-state index is 0. The van der Waals surface area contributed by atoms with Gasteiger partial charge in [-0.05, 0) is 28.3 Å². The van der Waals surface area contributed by atoms with Crippen molar-refractivity contribution >= 4 is 22.7 Å². The van der Waals surface area contributed by atoms with Gasteiger partial charge in [-0.2, -0.15) is 0 Å². The first-order chi connectivity index (χ1) is 6.86. The van der Waals surface area contributed by atoms with Gasteiger partial charge >= 0.3 is 0 Å². The molecule has 0 radical (unpaired) electrons. The van der Waals surface area contributed by atoms with Crippen LogP contribution in [0.3, 0.4) is 0 Å². The Labute approximate surface area is 99.7 Å². The summed E-state index contributed by atoms with van der Waals surface area (Å²) in [5.41, 5.74) is 12.2. The van der Waals surface area contributed by atoms with E-state index >= 15 is 0 Å². The summed E-state index contributed by atoms with van der Waals surface area (Å²) in [5, 5.41) is 0. The van der Waals surface area contributed by atoms with Gasteiger partial charge < -0.3 is 5.73 Å². The highest BCUT2D eigenvalue weighted by Crippen LogP contribution is 2.38. The summed E-state index contributed by atoms with van der Waals surface area (Å²) in [7, 11) is 0. The second-order valence-electron chi connectivity index (χ2n) is 3.71. The van der Waals surface area contributed by atoms with Gasteiger partial charge in [-0.3, -0.25) is 0 Å². The third-order valence-electron chi connectivity index (χ3n) is 2.89. The molecule has 0 aliphatic heterocycles. The molecule has 0 fully saturated rings. The highest BCUT2D eigenvalue weighted by molar-refractivity contribution is 8.93. The molecule has 2 heteroatoms. The van der Waals surface area contributed by atoms with Crippen molar-refractivity contribution in [3.8, 4) is 11.1 Å². The summed E-state index contributed by atoms with van der Waals surface area (Å²) in [4.78, 5) is 0. The van der Waals surface area contributed by atoms with Crippen molar-refractivity contribution in [2.75, 3.05) is 5.73 Å². The van der Waals surface area contributed by atoms with Gasteiger partial charge in [0.05, 0.1) is 0 Å². The smallest absolute Gasteiger partial charge is 0.0356 e. The second-order valence-corrected chi connectivity index (χ2v) is 3.71. The van der Waals surface area contributed by atoms with Crippen molar-refractivity contribution < 1.29 is 0 Å². The number of halogens is 1. The summed E-state index contributed by atoms with van der Waals surface area (Å²) in [6, 6.07) is 14.7. The van der Waals surface area contributed by atoms with Crippen LogP contribution in [0.4, 0.5) is 5.69 Å². The fraction of sp³-hybridized carbons (Fsp3) is 0.0769. The second kappa shape index (κ2) is 3.70. The number of nitrogen functional groups attached to an aromatic ring is 1. The van der Waals surface area contributed by atoms with Gasteiger partial charge in [0.25, 0.3) is 0 Å². The lowest BCUT2D eigenvalue weighted by Crippen LogP contribution is -1.91. The minimum Gasteiger partial charge on any atom is -0.398 e. The fourth-order valence-electron chi connectivity index (χ4n) is 2.18. The molecule has 2 N–H and O–H groups in total. The normalized spacial score (nSPS) is 11.5. The quantitative estimate of drug-likeness (QED) is 0.617. The van der Waals surface area contributed by atoms with E-state index in [1.165, 1.54) is 22.3 Å². The van der Waals surface area contributed by atoms with Crippen LogP contribution in [0, 0.1) is 0 Å². The van der Waals surface area contributed by atoms with E-state index < -0.39 is 0 Å². The molecule has 0 saturated carbocycles. The molecule has 1 aliphatic rings. The summed E-state index contributed by atoms with van der Waals surface area (Å²) in [6.45, 7) is 0. The monoisotopic (exact) mass is 261 g/mol. The SMILES string of the molecule is Br.Nc1cccc2c1Cc1ccccc1-2. The van der Waals surface area contributed by atoms with Crippen LogP contribution < -0.4 is 5.73 Å². The zero-order valence-corrected chi connectivity index (χ0v) is 9.95. The highest BCUT2D eigenvalue weighted by atomic mass is 79.9. The average molecular weight is 262 g/mol. The first-order valence-electron chi connectivity index (χ1n) is 4.82. The molecule has 0 unspecified atom stereocenters. The Balaban J connectivity index is 0.000000853. The number of rotatable bonds is 0. The molecule has 1 nitrogen and oxygen atoms in total. The van der Waals surface area contributed by atoms with Gasteiger partial charge in [-0.15, -0.1) is 17.0 Å². The van der Waals surface area contributed by atoms with Crippen LogP contribution in [0.15, 0.2) is 42.5 Å². The maximum absolute atomic E-state index is 5.95. The predicted octanol–water partition coefficient (Wildman–Crippen LogP) is 3.42. The zero-order chi connectivity index (χ0) is 9.54. The van der Waals surface area contributed by atoms with Gasteiger partial charge in [0, 0.05) is 12.1 Å². The molecule has 0 amide bonds. The first kappa shape index (κ1) is 10.2. The van der Waals surface area contributed by atoms with Crippen LogP contribution in [-0.2, 0) is 6.42 Å². The highest BCUT2D eigenvalue weighted by Gasteiger charge is 2.18. The molecule has 15 heavy (non-hydrogen) atoms. The largest absolute Gasteiger partial charge is 0.398 e. The molecule has 3 rings (SSSR count). The van der Waals surface area contributed by atoms with Crippen molar-refractivity contribution in [1.29, 1.82) is 0 Å². The molecule has 2 aromatic carbocycles. The maximum Gasteiger partial charge on any atom is 0.0356 e. The summed E-state index contributed by atoms with van der Waals surface area (Å²) in [6.07, 6.45) is 0.984. The molecule has 2 aromatic rings. The molecule has 0 aromatic heterocycles. The summed E-state index contributed by atoms with van der Waals surface area (Å²) in [5.74, 6) is 0. The van der Waals surface area contributed by atoms with Crippen LogP contribution in [0.25, 0.3) is 11.1 Å². The van der Waals surface area contributed by atoms with Crippen molar-refractivity contribution in [1.82, 2.24) is 0 Å². The Kier molecular flexibility index (Phi) is 2.53. The lowest BCUT2D eigenvalue weighted by atomic mass is 10.1. The Hall–Kier alpha value is -1.28. The number of anilines is 1. The first-order valence-corrected chi connectivity index (χ1v) is 4.82. The van der Waals surface area contributed by atoms with E-state index in [-0.39, 0.29) is 17.0 Å². The molecular weight excluding hydrogens is 250 g/mol. The van der Waals surface area contributed by atoms with Gasteiger partial charge in [-0.25, -0.2) is 0 Å². The number of hydrogen-bond donors (Lipinski definition) is 1. The lowest BCUT2D eigenvalue weighted by Gasteiger charge is -2.02. The fourth-order valence-corrected chi connectivity index (χ4v) is 2.18. The van der Waals surface area contributed by atoms with Gasteiger partial charge in [0.1, 0.15) is 0 Å². The Morgan fingerprint density at radius 3 is 2.47 bits per heavy atom. The third-order valence-corrected chi connectivity index (χ3v) is 2.89. The van der Waals surface area contributed by atoms with E-state index in [0.717, 1.165) is 12.1 Å². The molecule has 0 spiro atoms. The van der Waals surface area contributed by atoms with Crippen LogP contribution in [0.1, 0.15) is 11.1 Å². The average Bonchev–Trinajstić information content (AvgIpc) is 2.59. The van der Waals surface area contributed by atoms with Crippen molar-refractivity contribution in [3.05, 3.63) is 53.6 Å². The van der Waals surface area contributed by atoms with Crippen LogP contribution >= 0.6 is 17.0 Å². The number of fused-ring (bicyclic) bond motifs is 3. The van der Waals surface area contributed by atoms with Gasteiger partial charge in [0.15, 0.2) is 0 Å². The van der Waals surface area contributed by atoms with E-state index in [1.54, 1.807) is 0 Å². The molecule has 1 aliphatic carbocycles. The van der Waals surface area contributed by atoms with Crippen molar-refractivity contribution in [3.63, 3.8) is 0 Å². The van der Waals surface area contributed by atoms with Gasteiger partial charge in [0.2, 0.25) is 0 Å². The lowest BCUT2D eigenvalue weighted by molar-refractivity contribution is 1.27. The molecule has 0 atom stereocenters. The molecular formula is C13H12BrN.